The summed E-state index contributed by atoms with van der Waals surface area (Å²) in [5, 5.41) is 8.78. The number of halogens is 1. The van der Waals surface area contributed by atoms with Gasteiger partial charge in [0.1, 0.15) is 5.82 Å². The van der Waals surface area contributed by atoms with E-state index in [4.69, 9.17) is 14.6 Å². The molecule has 0 aromatic heterocycles. The number of benzene rings is 1. The van der Waals surface area contributed by atoms with Crippen LogP contribution < -0.4 is 5.46 Å². The van der Waals surface area contributed by atoms with E-state index in [1.807, 2.05) is 19.9 Å². The van der Waals surface area contributed by atoms with Crippen LogP contribution in [0.2, 0.25) is 0 Å². The molecule has 5 heteroatoms. The molecule has 2 rings (SSSR count). The van der Waals surface area contributed by atoms with Gasteiger partial charge in [-0.1, -0.05) is 13.8 Å². The molecule has 1 aromatic rings. The number of nitrogens with zero attached hydrogens (tertiary/aromatic N) is 1. The van der Waals surface area contributed by atoms with Crippen molar-refractivity contribution in [2.45, 2.75) is 13.8 Å². The highest BCUT2D eigenvalue weighted by Gasteiger charge is 2.35. The fraction of sp³-hybridized carbons (Fsp3) is 0.417. The second kappa shape index (κ2) is 4.48. The van der Waals surface area contributed by atoms with Crippen LogP contribution in [-0.2, 0) is 9.31 Å². The Bertz CT molecular complexity index is 460. The predicted molar refractivity (Wildman–Crippen MR) is 62.2 cm³/mol. The summed E-state index contributed by atoms with van der Waals surface area (Å²) in [6, 6.07) is 6.14. The molecule has 3 nitrogen and oxygen atoms in total. The summed E-state index contributed by atoms with van der Waals surface area (Å²) in [4.78, 5) is 0. The smallest absolute Gasteiger partial charge is 0.407 e. The Morgan fingerprint density at radius 2 is 2.00 bits per heavy atom. The lowest BCUT2D eigenvalue weighted by Crippen LogP contribution is -2.48. The molecule has 17 heavy (non-hydrogen) atoms. The topological polar surface area (TPSA) is 42.2 Å². The van der Waals surface area contributed by atoms with Crippen molar-refractivity contribution in [3.05, 3.63) is 29.6 Å². The Morgan fingerprint density at radius 1 is 1.35 bits per heavy atom. The van der Waals surface area contributed by atoms with Gasteiger partial charge in [-0.25, -0.2) is 4.39 Å². The van der Waals surface area contributed by atoms with E-state index in [0.29, 0.717) is 24.2 Å². The molecule has 0 saturated carbocycles. The molecule has 0 atom stereocenters. The first-order valence-corrected chi connectivity index (χ1v) is 5.45. The van der Waals surface area contributed by atoms with Gasteiger partial charge in [-0.05, 0) is 18.2 Å². The Morgan fingerprint density at radius 3 is 2.59 bits per heavy atom. The second-order valence-corrected chi connectivity index (χ2v) is 4.97. The number of rotatable bonds is 1. The number of hydrogen-bond acceptors (Lipinski definition) is 3. The summed E-state index contributed by atoms with van der Waals surface area (Å²) in [7, 11) is -0.712. The van der Waals surface area contributed by atoms with Gasteiger partial charge >= 0.3 is 7.12 Å². The highest BCUT2D eigenvalue weighted by molar-refractivity contribution is 6.61. The Labute approximate surface area is 100 Å². The average Bonchev–Trinajstić information content (AvgIpc) is 2.30. The van der Waals surface area contributed by atoms with Crippen LogP contribution in [0.4, 0.5) is 4.39 Å². The van der Waals surface area contributed by atoms with Gasteiger partial charge in [0.25, 0.3) is 0 Å². The summed E-state index contributed by atoms with van der Waals surface area (Å²) >= 11 is 0. The number of hydrogen-bond donors (Lipinski definition) is 0. The van der Waals surface area contributed by atoms with E-state index in [1.54, 1.807) is 0 Å². The third-order valence-electron chi connectivity index (χ3n) is 2.63. The van der Waals surface area contributed by atoms with Crippen molar-refractivity contribution in [1.29, 1.82) is 5.26 Å². The average molecular weight is 233 g/mol. The summed E-state index contributed by atoms with van der Waals surface area (Å²) in [6.45, 7) is 5.05. The van der Waals surface area contributed by atoms with Crippen molar-refractivity contribution in [3.8, 4) is 6.07 Å². The van der Waals surface area contributed by atoms with Crippen LogP contribution in [0.15, 0.2) is 18.2 Å². The van der Waals surface area contributed by atoms with Crippen molar-refractivity contribution in [2.75, 3.05) is 13.2 Å². The molecule has 0 bridgehead atoms. The van der Waals surface area contributed by atoms with Crippen LogP contribution >= 0.6 is 0 Å². The van der Waals surface area contributed by atoms with Crippen LogP contribution in [0, 0.1) is 22.6 Å². The highest BCUT2D eigenvalue weighted by atomic mass is 19.1. The Kier molecular flexibility index (Phi) is 3.18. The van der Waals surface area contributed by atoms with Crippen LogP contribution in [0.1, 0.15) is 19.4 Å². The van der Waals surface area contributed by atoms with Crippen molar-refractivity contribution >= 4 is 12.6 Å². The summed E-state index contributed by atoms with van der Waals surface area (Å²) in [5.41, 5.74) is 0.637. The first-order chi connectivity index (χ1) is 8.02. The van der Waals surface area contributed by atoms with Crippen molar-refractivity contribution in [3.63, 3.8) is 0 Å². The molecular formula is C12H13BFNO2. The zero-order valence-electron chi connectivity index (χ0n) is 9.87. The number of nitriles is 1. The predicted octanol–water partition coefficient (Wildman–Crippen LogP) is 1.47. The van der Waals surface area contributed by atoms with Gasteiger partial charge < -0.3 is 9.31 Å². The van der Waals surface area contributed by atoms with E-state index in [-0.39, 0.29) is 5.41 Å². The maximum absolute atomic E-state index is 13.6. The minimum absolute atomic E-state index is 0.0557. The van der Waals surface area contributed by atoms with Crippen molar-refractivity contribution in [2.24, 2.45) is 5.41 Å². The monoisotopic (exact) mass is 233 g/mol. The molecule has 0 N–H and O–H groups in total. The standard InChI is InChI=1S/C12H13BFNO2/c1-12(2)7-16-13(17-8-12)10-5-9(6-15)3-4-11(10)14/h3-5H,7-8H2,1-2H3. The highest BCUT2D eigenvalue weighted by Crippen LogP contribution is 2.21. The minimum atomic E-state index is -0.712. The maximum atomic E-state index is 13.6. The van der Waals surface area contributed by atoms with Crippen LogP contribution in [0.25, 0.3) is 0 Å². The van der Waals surface area contributed by atoms with Gasteiger partial charge in [0.15, 0.2) is 0 Å². The lowest BCUT2D eigenvalue weighted by atomic mass is 9.75. The lowest BCUT2D eigenvalue weighted by molar-refractivity contribution is 0.0340. The first kappa shape index (κ1) is 12.1. The van der Waals surface area contributed by atoms with Crippen LogP contribution in [0.5, 0.6) is 0 Å². The zero-order valence-corrected chi connectivity index (χ0v) is 9.87. The quantitative estimate of drug-likeness (QED) is 0.689. The molecule has 88 valence electrons. The third kappa shape index (κ3) is 2.66. The lowest BCUT2D eigenvalue weighted by Gasteiger charge is -2.33. The molecule has 1 heterocycles. The van der Waals surface area contributed by atoms with E-state index in [2.05, 4.69) is 0 Å². The van der Waals surface area contributed by atoms with Gasteiger partial charge in [-0.15, -0.1) is 0 Å². The fourth-order valence-electron chi connectivity index (χ4n) is 1.67. The van der Waals surface area contributed by atoms with Gasteiger partial charge in [0.05, 0.1) is 11.6 Å². The first-order valence-electron chi connectivity index (χ1n) is 5.45. The molecule has 1 aromatic carbocycles. The Balaban J connectivity index is 2.21. The minimum Gasteiger partial charge on any atom is -0.407 e. The van der Waals surface area contributed by atoms with Gasteiger partial charge in [-0.3, -0.25) is 0 Å². The SMILES string of the molecule is CC1(C)COB(c2cc(C#N)ccc2F)OC1. The van der Waals surface area contributed by atoms with E-state index in [9.17, 15) is 4.39 Å². The molecule has 1 aliphatic heterocycles. The third-order valence-corrected chi connectivity index (χ3v) is 2.63. The van der Waals surface area contributed by atoms with Gasteiger partial charge in [0.2, 0.25) is 0 Å². The summed E-state index contributed by atoms with van der Waals surface area (Å²) < 4.78 is 24.6. The molecular weight excluding hydrogens is 220 g/mol. The normalized spacial score (nSPS) is 18.8. The zero-order chi connectivity index (χ0) is 12.5. The van der Waals surface area contributed by atoms with E-state index in [1.165, 1.54) is 18.2 Å². The van der Waals surface area contributed by atoms with E-state index >= 15 is 0 Å². The molecule has 0 unspecified atom stereocenters. The molecule has 1 aliphatic rings. The summed E-state index contributed by atoms with van der Waals surface area (Å²) in [5.74, 6) is -0.409. The molecule has 0 aliphatic carbocycles. The van der Waals surface area contributed by atoms with Crippen molar-refractivity contribution < 1.29 is 13.7 Å². The van der Waals surface area contributed by atoms with Crippen LogP contribution in [0.3, 0.4) is 0 Å². The van der Waals surface area contributed by atoms with Gasteiger partial charge in [-0.2, -0.15) is 5.26 Å². The second-order valence-electron chi connectivity index (χ2n) is 4.97. The van der Waals surface area contributed by atoms with Gasteiger partial charge in [0, 0.05) is 24.1 Å². The summed E-state index contributed by atoms with van der Waals surface area (Å²) in [6.07, 6.45) is 0. The molecule has 0 radical (unpaired) electrons. The molecule has 1 saturated heterocycles. The van der Waals surface area contributed by atoms with E-state index < -0.39 is 12.9 Å². The van der Waals surface area contributed by atoms with E-state index in [0.717, 1.165) is 0 Å². The molecule has 0 amide bonds. The Hall–Kier alpha value is -1.38. The fourth-order valence-corrected chi connectivity index (χ4v) is 1.67. The molecule has 1 fully saturated rings. The largest absolute Gasteiger partial charge is 0.496 e. The maximum Gasteiger partial charge on any atom is 0.496 e. The molecule has 0 spiro atoms. The van der Waals surface area contributed by atoms with Crippen molar-refractivity contribution in [1.82, 2.24) is 0 Å². The van der Waals surface area contributed by atoms with Crippen LogP contribution in [-0.4, -0.2) is 20.3 Å².